The Morgan fingerprint density at radius 1 is 1.53 bits per heavy atom. The van der Waals surface area contributed by atoms with E-state index in [2.05, 4.69) is 11.9 Å². The monoisotopic (exact) mass is 264 g/mol. The largest absolute Gasteiger partial charge is 0.338 e. The van der Waals surface area contributed by atoms with Crippen LogP contribution in [0.15, 0.2) is 18.7 Å². The predicted octanol–water partition coefficient (Wildman–Crippen LogP) is 1.25. The number of amides is 1. The number of rotatable bonds is 5. The molecule has 19 heavy (non-hydrogen) atoms. The van der Waals surface area contributed by atoms with E-state index in [9.17, 15) is 4.79 Å². The van der Waals surface area contributed by atoms with Crippen molar-refractivity contribution in [1.29, 1.82) is 0 Å². The van der Waals surface area contributed by atoms with E-state index in [1.165, 1.54) is 6.42 Å². The first-order valence-corrected chi connectivity index (χ1v) is 7.17. The van der Waals surface area contributed by atoms with Crippen molar-refractivity contribution in [3.05, 3.63) is 18.7 Å². The Labute approximate surface area is 114 Å². The van der Waals surface area contributed by atoms with Gasteiger partial charge >= 0.3 is 0 Å². The quantitative estimate of drug-likeness (QED) is 0.870. The molecule has 0 saturated carbocycles. The summed E-state index contributed by atoms with van der Waals surface area (Å²) in [6.07, 6.45) is 9.22. The van der Waals surface area contributed by atoms with E-state index in [-0.39, 0.29) is 11.9 Å². The van der Waals surface area contributed by atoms with Gasteiger partial charge in [-0.15, -0.1) is 0 Å². The second-order valence-corrected chi connectivity index (χ2v) is 5.41. The molecule has 2 N–H and O–H groups in total. The van der Waals surface area contributed by atoms with E-state index < -0.39 is 0 Å². The number of carbonyl (C=O) groups excluding carboxylic acids is 1. The molecule has 2 heterocycles. The molecular weight excluding hydrogens is 240 g/mol. The maximum Gasteiger partial charge on any atom is 0.222 e. The Morgan fingerprint density at radius 3 is 3.05 bits per heavy atom. The fourth-order valence-electron chi connectivity index (χ4n) is 2.89. The molecule has 5 heteroatoms. The van der Waals surface area contributed by atoms with Crippen molar-refractivity contribution in [3.63, 3.8) is 0 Å². The average Bonchev–Trinajstić information content (AvgIpc) is 2.91. The molecule has 1 aromatic rings. The zero-order valence-electron chi connectivity index (χ0n) is 11.7. The van der Waals surface area contributed by atoms with Gasteiger partial charge in [0.05, 0.1) is 6.33 Å². The van der Waals surface area contributed by atoms with Crippen LogP contribution in [0.3, 0.4) is 0 Å². The standard InChI is InChI=1S/C14H24N4O/c1-12-4-2-8-18(13(12)10-15)14(19)5-3-7-17-9-6-16-11-17/h6,9,11-13H,2-5,7-8,10,15H2,1H3/t12-,13+/m1/s1. The van der Waals surface area contributed by atoms with Gasteiger partial charge in [-0.2, -0.15) is 0 Å². The number of aryl methyl sites for hydroxylation is 1. The number of nitrogens with zero attached hydrogens (tertiary/aromatic N) is 3. The molecule has 106 valence electrons. The number of carbonyl (C=O) groups is 1. The molecule has 0 spiro atoms. The lowest BCUT2D eigenvalue weighted by Gasteiger charge is -2.39. The summed E-state index contributed by atoms with van der Waals surface area (Å²) in [7, 11) is 0. The molecular formula is C14H24N4O. The Bertz CT molecular complexity index is 390. The molecule has 0 radical (unpaired) electrons. The topological polar surface area (TPSA) is 64.2 Å². The average molecular weight is 264 g/mol. The SMILES string of the molecule is C[C@@H]1CCCN(C(=O)CCCn2ccnc2)[C@H]1CN. The number of nitrogens with two attached hydrogens (primary N) is 1. The lowest BCUT2D eigenvalue weighted by Crippen LogP contribution is -2.51. The summed E-state index contributed by atoms with van der Waals surface area (Å²) in [6, 6.07) is 0.231. The lowest BCUT2D eigenvalue weighted by molar-refractivity contribution is -0.136. The highest BCUT2D eigenvalue weighted by molar-refractivity contribution is 5.76. The van der Waals surface area contributed by atoms with Gasteiger partial charge in [0.1, 0.15) is 0 Å². The van der Waals surface area contributed by atoms with E-state index >= 15 is 0 Å². The summed E-state index contributed by atoms with van der Waals surface area (Å²) in [6.45, 7) is 4.50. The van der Waals surface area contributed by atoms with E-state index in [0.717, 1.165) is 25.9 Å². The summed E-state index contributed by atoms with van der Waals surface area (Å²) in [5, 5.41) is 0. The first kappa shape index (κ1) is 14.1. The minimum Gasteiger partial charge on any atom is -0.338 e. The molecule has 0 aromatic carbocycles. The number of hydrogen-bond acceptors (Lipinski definition) is 3. The van der Waals surface area contributed by atoms with Crippen molar-refractivity contribution in [2.45, 2.75) is 45.2 Å². The van der Waals surface area contributed by atoms with Gasteiger partial charge in [0.25, 0.3) is 0 Å². The minimum absolute atomic E-state index is 0.231. The number of hydrogen-bond donors (Lipinski definition) is 1. The first-order chi connectivity index (χ1) is 9.22. The van der Waals surface area contributed by atoms with Crippen molar-refractivity contribution in [2.75, 3.05) is 13.1 Å². The number of aromatic nitrogens is 2. The normalized spacial score (nSPS) is 23.6. The van der Waals surface area contributed by atoms with Crippen molar-refractivity contribution >= 4 is 5.91 Å². The number of imidazole rings is 1. The number of likely N-dealkylation sites (tertiary alicyclic amines) is 1. The highest BCUT2D eigenvalue weighted by Gasteiger charge is 2.30. The Morgan fingerprint density at radius 2 is 2.37 bits per heavy atom. The zero-order chi connectivity index (χ0) is 13.7. The van der Waals surface area contributed by atoms with Crippen LogP contribution in [0.1, 0.15) is 32.6 Å². The molecule has 1 aliphatic heterocycles. The van der Waals surface area contributed by atoms with Crippen molar-refractivity contribution < 1.29 is 4.79 Å². The van der Waals surface area contributed by atoms with Gasteiger partial charge in [0.2, 0.25) is 5.91 Å². The van der Waals surface area contributed by atoms with Crippen molar-refractivity contribution in [3.8, 4) is 0 Å². The summed E-state index contributed by atoms with van der Waals surface area (Å²) in [4.78, 5) is 18.3. The highest BCUT2D eigenvalue weighted by Crippen LogP contribution is 2.23. The van der Waals surface area contributed by atoms with Gasteiger partial charge in [-0.05, 0) is 25.2 Å². The van der Waals surface area contributed by atoms with Gasteiger partial charge in [0, 0.05) is 44.5 Å². The highest BCUT2D eigenvalue weighted by atomic mass is 16.2. The van der Waals surface area contributed by atoms with Crippen LogP contribution in [0, 0.1) is 5.92 Å². The van der Waals surface area contributed by atoms with Gasteiger partial charge in [-0.3, -0.25) is 4.79 Å². The smallest absolute Gasteiger partial charge is 0.222 e. The van der Waals surface area contributed by atoms with Crippen LogP contribution in [0.2, 0.25) is 0 Å². The van der Waals surface area contributed by atoms with Crippen LogP contribution in [0.25, 0.3) is 0 Å². The van der Waals surface area contributed by atoms with Crippen LogP contribution in [-0.2, 0) is 11.3 Å². The molecule has 2 rings (SSSR count). The molecule has 0 aliphatic carbocycles. The Kier molecular flexibility index (Phi) is 4.96. The van der Waals surface area contributed by atoms with Crippen LogP contribution in [0.4, 0.5) is 0 Å². The van der Waals surface area contributed by atoms with Crippen molar-refractivity contribution in [2.24, 2.45) is 11.7 Å². The van der Waals surface area contributed by atoms with Gasteiger partial charge < -0.3 is 15.2 Å². The Balaban J connectivity index is 1.81. The lowest BCUT2D eigenvalue weighted by atomic mass is 9.90. The molecule has 1 aliphatic rings. The molecule has 1 aromatic heterocycles. The maximum atomic E-state index is 12.3. The second kappa shape index (κ2) is 6.70. The van der Waals surface area contributed by atoms with Gasteiger partial charge in [0.15, 0.2) is 0 Å². The van der Waals surface area contributed by atoms with Gasteiger partial charge in [-0.25, -0.2) is 4.98 Å². The summed E-state index contributed by atoms with van der Waals surface area (Å²) < 4.78 is 2.01. The fraction of sp³-hybridized carbons (Fsp3) is 0.714. The summed E-state index contributed by atoms with van der Waals surface area (Å²) in [5.41, 5.74) is 5.82. The molecule has 1 saturated heterocycles. The van der Waals surface area contributed by atoms with E-state index in [1.807, 2.05) is 15.7 Å². The third-order valence-corrected chi connectivity index (χ3v) is 4.04. The zero-order valence-corrected chi connectivity index (χ0v) is 11.7. The molecule has 0 unspecified atom stereocenters. The van der Waals surface area contributed by atoms with E-state index in [0.29, 0.717) is 18.9 Å². The summed E-state index contributed by atoms with van der Waals surface area (Å²) in [5.74, 6) is 0.776. The molecule has 1 fully saturated rings. The molecule has 0 bridgehead atoms. The molecule has 5 nitrogen and oxygen atoms in total. The van der Waals surface area contributed by atoms with E-state index in [4.69, 9.17) is 5.73 Å². The van der Waals surface area contributed by atoms with Crippen LogP contribution in [-0.4, -0.2) is 39.5 Å². The van der Waals surface area contributed by atoms with Crippen LogP contribution in [0.5, 0.6) is 0 Å². The van der Waals surface area contributed by atoms with Crippen LogP contribution >= 0.6 is 0 Å². The third-order valence-electron chi connectivity index (χ3n) is 4.04. The molecule has 1 amide bonds. The van der Waals surface area contributed by atoms with E-state index in [1.54, 1.807) is 12.5 Å². The molecule has 2 atom stereocenters. The second-order valence-electron chi connectivity index (χ2n) is 5.41. The van der Waals surface area contributed by atoms with Gasteiger partial charge in [-0.1, -0.05) is 6.92 Å². The number of piperidine rings is 1. The van der Waals surface area contributed by atoms with Crippen molar-refractivity contribution in [1.82, 2.24) is 14.5 Å². The minimum atomic E-state index is 0.231. The third kappa shape index (κ3) is 3.56. The van der Waals surface area contributed by atoms with Crippen LogP contribution < -0.4 is 5.73 Å². The predicted molar refractivity (Wildman–Crippen MR) is 74.4 cm³/mol. The fourth-order valence-corrected chi connectivity index (χ4v) is 2.89. The summed E-state index contributed by atoms with van der Waals surface area (Å²) >= 11 is 0. The first-order valence-electron chi connectivity index (χ1n) is 7.17. The Hall–Kier alpha value is -1.36. The maximum absolute atomic E-state index is 12.3.